The molecule has 0 aromatic rings. The van der Waals surface area contributed by atoms with Crippen LogP contribution in [0.3, 0.4) is 0 Å². The van der Waals surface area contributed by atoms with Crippen molar-refractivity contribution in [1.82, 2.24) is 0 Å². The van der Waals surface area contributed by atoms with Gasteiger partial charge in [-0.3, -0.25) is 0 Å². The molecule has 0 saturated heterocycles. The Hall–Kier alpha value is -1.51. The third kappa shape index (κ3) is 4.77. The minimum absolute atomic E-state index is 0.105. The summed E-state index contributed by atoms with van der Waals surface area (Å²) in [5.41, 5.74) is -0.611. The van der Waals surface area contributed by atoms with E-state index in [2.05, 4.69) is 3.63 Å². The van der Waals surface area contributed by atoms with Crippen LogP contribution in [0.5, 0.6) is 0 Å². The van der Waals surface area contributed by atoms with Crippen LogP contribution in [-0.4, -0.2) is 44.0 Å². The van der Waals surface area contributed by atoms with Gasteiger partial charge >= 0.3 is 27.5 Å². The second-order valence-electron chi connectivity index (χ2n) is 5.07. The lowest BCUT2D eigenvalue weighted by Crippen LogP contribution is -2.56. The molecule has 0 heterocycles. The normalized spacial score (nSPS) is 14.4. The van der Waals surface area contributed by atoms with Crippen LogP contribution >= 0.6 is 10.3 Å². The van der Waals surface area contributed by atoms with E-state index in [4.69, 9.17) is 10.5 Å². The lowest BCUT2D eigenvalue weighted by Gasteiger charge is -2.34. The molecule has 0 bridgehead atoms. The fraction of sp³-hybridized carbons (Fsp3) is 0.636. The smallest absolute Gasteiger partial charge is 0.215 e. The zero-order valence-corrected chi connectivity index (χ0v) is 14.4. The predicted octanol–water partition coefficient (Wildman–Crippen LogP) is 3.47. The zero-order chi connectivity index (χ0) is 20.5. The maximum absolute atomic E-state index is 13.3. The van der Waals surface area contributed by atoms with Crippen molar-refractivity contribution in [2.24, 2.45) is 0 Å². The van der Waals surface area contributed by atoms with Gasteiger partial charge in [0.05, 0.1) is 0 Å². The molecule has 0 rings (SSSR count). The Morgan fingerprint density at radius 1 is 1.00 bits per heavy atom. The number of nitriles is 2. The van der Waals surface area contributed by atoms with Crippen LogP contribution in [0.4, 0.5) is 30.7 Å². The molecular formula is C11H11F7N2O3S2. The summed E-state index contributed by atoms with van der Waals surface area (Å²) in [6.07, 6.45) is -5.08. The van der Waals surface area contributed by atoms with E-state index in [1.54, 1.807) is 0 Å². The van der Waals surface area contributed by atoms with Crippen molar-refractivity contribution in [3.63, 3.8) is 0 Å². The minimum Gasteiger partial charge on any atom is -0.215 e. The third-order valence-electron chi connectivity index (χ3n) is 2.52. The summed E-state index contributed by atoms with van der Waals surface area (Å²) in [5.74, 6) is -7.49. The molecule has 0 atom stereocenters. The second kappa shape index (κ2) is 7.01. The average Bonchev–Trinajstić information content (AvgIpc) is 2.36. The molecule has 0 fully saturated rings. The van der Waals surface area contributed by atoms with E-state index in [9.17, 15) is 39.2 Å². The SMILES string of the molecule is CC(CS(C)(C)OS(=O)(=O)C(F)(F)C(F)(F)C(F)(F)F)=C(C#N)C#N. The molecule has 0 N–H and O–H groups in total. The largest absolute Gasteiger partial charge is 0.461 e. The predicted molar refractivity (Wildman–Crippen MR) is 74.2 cm³/mol. The standard InChI is InChI=1S/C11H11F7N2O3S2/c1-7(8(4-19)5-20)6-24(2,3)23-25(21,22)11(17,18)9(12,13)10(14,15)16/h6H2,1-3H3. The van der Waals surface area contributed by atoms with Gasteiger partial charge in [-0.15, -0.1) is 10.3 Å². The molecule has 0 aromatic heterocycles. The van der Waals surface area contributed by atoms with E-state index < -0.39 is 49.1 Å². The number of allylic oxidation sites excluding steroid dienone is 1. The molecular weight excluding hydrogens is 405 g/mol. The number of halogens is 7. The molecule has 0 aliphatic rings. The van der Waals surface area contributed by atoms with Crippen molar-refractivity contribution in [2.75, 3.05) is 18.3 Å². The quantitative estimate of drug-likeness (QED) is 0.489. The minimum atomic E-state index is -6.89. The van der Waals surface area contributed by atoms with Crippen molar-refractivity contribution < 1.29 is 42.8 Å². The van der Waals surface area contributed by atoms with Gasteiger partial charge in [-0.1, -0.05) is 0 Å². The summed E-state index contributed by atoms with van der Waals surface area (Å²) in [5, 5.41) is 10.7. The van der Waals surface area contributed by atoms with Crippen LogP contribution in [0.15, 0.2) is 11.1 Å². The van der Waals surface area contributed by atoms with Gasteiger partial charge in [-0.25, -0.2) is 3.63 Å². The molecule has 0 unspecified atom stereocenters. The number of hydrogen-bond donors (Lipinski definition) is 0. The summed E-state index contributed by atoms with van der Waals surface area (Å²) in [6, 6.07) is 2.84. The van der Waals surface area contributed by atoms with Crippen molar-refractivity contribution >= 4 is 20.4 Å². The Balaban J connectivity index is 5.84. The van der Waals surface area contributed by atoms with E-state index in [0.29, 0.717) is 0 Å². The molecule has 0 amide bonds. The fourth-order valence-electron chi connectivity index (χ4n) is 1.44. The molecule has 0 aliphatic heterocycles. The lowest BCUT2D eigenvalue weighted by atomic mass is 10.2. The number of nitrogens with zero attached hydrogens (tertiary/aromatic N) is 2. The van der Waals surface area contributed by atoms with Gasteiger partial charge in [0, 0.05) is 5.75 Å². The summed E-state index contributed by atoms with van der Waals surface area (Å²) in [4.78, 5) is 0. The van der Waals surface area contributed by atoms with Gasteiger partial charge in [0.25, 0.3) is 0 Å². The first kappa shape index (κ1) is 23.5. The summed E-state index contributed by atoms with van der Waals surface area (Å²) < 4.78 is 115. The number of alkyl halides is 7. The van der Waals surface area contributed by atoms with Gasteiger partial charge < -0.3 is 0 Å². The maximum Gasteiger partial charge on any atom is 0.461 e. The molecule has 0 radical (unpaired) electrons. The highest BCUT2D eigenvalue weighted by molar-refractivity contribution is 8.32. The van der Waals surface area contributed by atoms with Crippen molar-refractivity contribution in [1.29, 1.82) is 10.5 Å². The number of hydrogen-bond acceptors (Lipinski definition) is 5. The van der Waals surface area contributed by atoms with Crippen LogP contribution in [0.2, 0.25) is 0 Å². The topological polar surface area (TPSA) is 90.9 Å². The van der Waals surface area contributed by atoms with Crippen LogP contribution in [-0.2, 0) is 13.7 Å². The van der Waals surface area contributed by atoms with Gasteiger partial charge in [-0.2, -0.15) is 49.7 Å². The van der Waals surface area contributed by atoms with E-state index >= 15 is 0 Å². The molecule has 14 heteroatoms. The Morgan fingerprint density at radius 3 is 1.72 bits per heavy atom. The van der Waals surface area contributed by atoms with Gasteiger partial charge in [-0.05, 0) is 25.0 Å². The van der Waals surface area contributed by atoms with Gasteiger partial charge in [0.15, 0.2) is 0 Å². The molecule has 5 nitrogen and oxygen atoms in total. The van der Waals surface area contributed by atoms with Gasteiger partial charge in [0.2, 0.25) is 0 Å². The Morgan fingerprint density at radius 2 is 1.40 bits per heavy atom. The second-order valence-corrected chi connectivity index (χ2v) is 10.2. The lowest BCUT2D eigenvalue weighted by molar-refractivity contribution is -0.332. The fourth-order valence-corrected chi connectivity index (χ4v) is 5.53. The van der Waals surface area contributed by atoms with Crippen LogP contribution in [0, 0.1) is 22.7 Å². The highest BCUT2D eigenvalue weighted by atomic mass is 32.3. The Bertz CT molecular complexity index is 727. The summed E-state index contributed by atoms with van der Waals surface area (Å²) in [7, 11) is -9.92. The van der Waals surface area contributed by atoms with Crippen molar-refractivity contribution in [2.45, 2.75) is 24.3 Å². The van der Waals surface area contributed by atoms with Crippen LogP contribution in [0.1, 0.15) is 6.92 Å². The molecule has 0 spiro atoms. The zero-order valence-electron chi connectivity index (χ0n) is 12.8. The van der Waals surface area contributed by atoms with E-state index in [1.807, 2.05) is 0 Å². The Labute approximate surface area is 140 Å². The van der Waals surface area contributed by atoms with Gasteiger partial charge in [0.1, 0.15) is 17.7 Å². The van der Waals surface area contributed by atoms with Crippen LogP contribution in [0.25, 0.3) is 0 Å². The molecule has 0 aromatic carbocycles. The average molecular weight is 416 g/mol. The molecule has 0 saturated carbocycles. The molecule has 0 aliphatic carbocycles. The molecule has 25 heavy (non-hydrogen) atoms. The van der Waals surface area contributed by atoms with Crippen molar-refractivity contribution in [3.8, 4) is 12.1 Å². The first-order chi connectivity index (χ1) is 10.9. The first-order valence-corrected chi connectivity index (χ1v) is 9.80. The summed E-state index contributed by atoms with van der Waals surface area (Å²) in [6.45, 7) is 1.15. The first-order valence-electron chi connectivity index (χ1n) is 5.85. The Kier molecular flexibility index (Phi) is 6.59. The van der Waals surface area contributed by atoms with Crippen molar-refractivity contribution in [3.05, 3.63) is 11.1 Å². The third-order valence-corrected chi connectivity index (χ3v) is 6.73. The maximum atomic E-state index is 13.3. The van der Waals surface area contributed by atoms with E-state index in [1.165, 1.54) is 12.1 Å². The number of rotatable bonds is 6. The monoisotopic (exact) mass is 416 g/mol. The van der Waals surface area contributed by atoms with E-state index in [-0.39, 0.29) is 5.57 Å². The highest BCUT2D eigenvalue weighted by Crippen LogP contribution is 2.54. The van der Waals surface area contributed by atoms with Crippen LogP contribution < -0.4 is 0 Å². The van der Waals surface area contributed by atoms with E-state index in [0.717, 1.165) is 19.4 Å². The highest BCUT2D eigenvalue weighted by Gasteiger charge is 2.79. The molecule has 144 valence electrons. The summed E-state index contributed by atoms with van der Waals surface area (Å²) >= 11 is 0.